The predicted octanol–water partition coefficient (Wildman–Crippen LogP) is 15.7. The molecular formula is C60H32N2. The van der Waals surface area contributed by atoms with E-state index in [1.807, 2.05) is 24.3 Å². The zero-order valence-corrected chi connectivity index (χ0v) is 33.5. The molecule has 0 atom stereocenters. The Morgan fingerprint density at radius 3 is 1.50 bits per heavy atom. The molecule has 3 aliphatic rings. The second kappa shape index (κ2) is 12.1. The quantitative estimate of drug-likeness (QED) is 0.164. The fourth-order valence-corrected chi connectivity index (χ4v) is 11.8. The Labute approximate surface area is 357 Å². The highest BCUT2D eigenvalue weighted by Crippen LogP contribution is 2.58. The zero-order valence-electron chi connectivity index (χ0n) is 33.5. The summed E-state index contributed by atoms with van der Waals surface area (Å²) in [5, 5.41) is 34.3. The van der Waals surface area contributed by atoms with Gasteiger partial charge in [0, 0.05) is 10.8 Å². The van der Waals surface area contributed by atoms with Crippen LogP contribution in [0.4, 0.5) is 0 Å². The molecule has 0 aromatic heterocycles. The number of rotatable bonds is 2. The van der Waals surface area contributed by atoms with Crippen molar-refractivity contribution in [3.8, 4) is 67.8 Å². The van der Waals surface area contributed by atoms with Crippen molar-refractivity contribution in [3.63, 3.8) is 0 Å². The molecule has 0 amide bonds. The molecule has 0 heterocycles. The monoisotopic (exact) mass is 780 g/mol. The number of benzene rings is 11. The topological polar surface area (TPSA) is 47.6 Å². The standard InChI is InChI=1S/C60H32N2/c61-31-35-21-23-45(39-15-3-1-13-37(35)39)57-47-27-25-42-41(51(47)29-53-43-17-5-9-33-11-7-19-49(55(33)43)59(53)57)26-28-48-52(42)30-54-44-18-6-10-34-12-8-20-50(56(34)44)60(54)58(48)46-24-22-36(32-62)38-14-2-4-16-40(38)46/h1-7,9-11,13-30H,8,12H2. The van der Waals surface area contributed by atoms with E-state index in [9.17, 15) is 10.5 Å². The summed E-state index contributed by atoms with van der Waals surface area (Å²) in [5.41, 5.74) is 19.1. The van der Waals surface area contributed by atoms with Crippen LogP contribution in [-0.4, -0.2) is 0 Å². The number of nitriles is 2. The maximum absolute atomic E-state index is 10.2. The van der Waals surface area contributed by atoms with Gasteiger partial charge in [-0.25, -0.2) is 0 Å². The molecule has 0 fully saturated rings. The van der Waals surface area contributed by atoms with E-state index < -0.39 is 0 Å². The van der Waals surface area contributed by atoms with Crippen molar-refractivity contribution in [2.24, 2.45) is 0 Å². The Kier molecular flexibility index (Phi) is 6.57. The van der Waals surface area contributed by atoms with Crippen LogP contribution >= 0.6 is 0 Å². The van der Waals surface area contributed by atoms with Gasteiger partial charge in [-0.15, -0.1) is 0 Å². The Morgan fingerprint density at radius 1 is 0.339 bits per heavy atom. The van der Waals surface area contributed by atoms with Gasteiger partial charge in [0.25, 0.3) is 0 Å². The molecule has 0 aliphatic heterocycles. The summed E-state index contributed by atoms with van der Waals surface area (Å²) in [6.45, 7) is 0. The number of fused-ring (bicyclic) bond motifs is 13. The van der Waals surface area contributed by atoms with Crippen molar-refractivity contribution in [2.75, 3.05) is 0 Å². The van der Waals surface area contributed by atoms with Crippen LogP contribution in [0.15, 0.2) is 170 Å². The van der Waals surface area contributed by atoms with Crippen LogP contribution in [0.3, 0.4) is 0 Å². The average molecular weight is 781 g/mol. The van der Waals surface area contributed by atoms with Gasteiger partial charge in [0.2, 0.25) is 0 Å². The highest BCUT2D eigenvalue weighted by Gasteiger charge is 2.33. The largest absolute Gasteiger partial charge is 0.192 e. The summed E-state index contributed by atoms with van der Waals surface area (Å²) in [4.78, 5) is 0. The van der Waals surface area contributed by atoms with E-state index in [1.54, 1.807) is 0 Å². The van der Waals surface area contributed by atoms with Gasteiger partial charge in [0.1, 0.15) is 0 Å². The molecule has 0 unspecified atom stereocenters. The molecule has 11 aromatic carbocycles. The highest BCUT2D eigenvalue weighted by atomic mass is 14.4. The minimum absolute atomic E-state index is 0.684. The van der Waals surface area contributed by atoms with Gasteiger partial charge < -0.3 is 0 Å². The SMILES string of the molecule is N#Cc1ccc(-c2c3c(cc4c2ccc2c5cc6c(c(-c7ccc(C#N)c8ccccc78)c5ccc42)-c2cccc4cccc-6c24)-c2cccc4c2C3=CCC4)c2ccccc12. The summed E-state index contributed by atoms with van der Waals surface area (Å²) >= 11 is 0. The third-order valence-corrected chi connectivity index (χ3v) is 14.3. The first-order valence-electron chi connectivity index (χ1n) is 21.4. The molecule has 0 bridgehead atoms. The lowest BCUT2D eigenvalue weighted by Gasteiger charge is -2.21. The van der Waals surface area contributed by atoms with Crippen molar-refractivity contribution in [1.29, 1.82) is 10.5 Å². The number of nitrogens with zero attached hydrogens (tertiary/aromatic N) is 2. The minimum atomic E-state index is 0.684. The summed E-state index contributed by atoms with van der Waals surface area (Å²) in [6.07, 6.45) is 4.52. The maximum Gasteiger partial charge on any atom is 0.0998 e. The van der Waals surface area contributed by atoms with Crippen LogP contribution in [0.25, 0.3) is 126 Å². The van der Waals surface area contributed by atoms with Crippen LogP contribution < -0.4 is 0 Å². The molecule has 3 aliphatic carbocycles. The first-order valence-corrected chi connectivity index (χ1v) is 21.4. The van der Waals surface area contributed by atoms with Crippen molar-refractivity contribution < 1.29 is 0 Å². The van der Waals surface area contributed by atoms with E-state index >= 15 is 0 Å². The van der Waals surface area contributed by atoms with Gasteiger partial charge in [-0.05, 0) is 169 Å². The van der Waals surface area contributed by atoms with Crippen LogP contribution in [0, 0.1) is 22.7 Å². The normalized spacial score (nSPS) is 13.1. The molecule has 0 N–H and O–H groups in total. The summed E-state index contributed by atoms with van der Waals surface area (Å²) in [6, 6.07) is 64.7. The van der Waals surface area contributed by atoms with Gasteiger partial charge in [-0.3, -0.25) is 0 Å². The van der Waals surface area contributed by atoms with E-state index in [-0.39, 0.29) is 0 Å². The third kappa shape index (κ3) is 4.21. The van der Waals surface area contributed by atoms with E-state index in [0.29, 0.717) is 11.1 Å². The van der Waals surface area contributed by atoms with E-state index in [1.165, 1.54) is 110 Å². The molecule has 0 saturated carbocycles. The molecule has 0 spiro atoms. The first kappa shape index (κ1) is 33.5. The molecule has 62 heavy (non-hydrogen) atoms. The fraction of sp³-hybridized carbons (Fsp3) is 0.0333. The molecular weight excluding hydrogens is 749 g/mol. The lowest BCUT2D eigenvalue weighted by atomic mass is 9.82. The zero-order chi connectivity index (χ0) is 40.8. The summed E-state index contributed by atoms with van der Waals surface area (Å²) in [5.74, 6) is 0. The molecule has 2 nitrogen and oxygen atoms in total. The molecule has 2 heteroatoms. The number of hydrogen-bond donors (Lipinski definition) is 0. The minimum Gasteiger partial charge on any atom is -0.192 e. The molecule has 0 radical (unpaired) electrons. The van der Waals surface area contributed by atoms with Crippen molar-refractivity contribution in [3.05, 3.63) is 198 Å². The average Bonchev–Trinajstić information content (AvgIpc) is 3.83. The van der Waals surface area contributed by atoms with Crippen LogP contribution in [0.2, 0.25) is 0 Å². The van der Waals surface area contributed by atoms with Crippen molar-refractivity contribution >= 4 is 70.2 Å². The van der Waals surface area contributed by atoms with Gasteiger partial charge in [-0.2, -0.15) is 10.5 Å². The first-order chi connectivity index (χ1) is 30.7. The van der Waals surface area contributed by atoms with Crippen LogP contribution in [0.1, 0.15) is 34.2 Å². The smallest absolute Gasteiger partial charge is 0.0998 e. The van der Waals surface area contributed by atoms with E-state index in [4.69, 9.17) is 0 Å². The van der Waals surface area contributed by atoms with Crippen LogP contribution in [0.5, 0.6) is 0 Å². The molecule has 282 valence electrons. The fourth-order valence-electron chi connectivity index (χ4n) is 11.8. The Hall–Kier alpha value is -8.30. The van der Waals surface area contributed by atoms with E-state index in [2.05, 4.69) is 158 Å². The summed E-state index contributed by atoms with van der Waals surface area (Å²) in [7, 11) is 0. The number of hydrogen-bond acceptors (Lipinski definition) is 2. The van der Waals surface area contributed by atoms with Crippen molar-refractivity contribution in [2.45, 2.75) is 12.8 Å². The van der Waals surface area contributed by atoms with Gasteiger partial charge in [0.15, 0.2) is 0 Å². The Balaban J connectivity index is 1.15. The van der Waals surface area contributed by atoms with E-state index in [0.717, 1.165) is 45.5 Å². The lowest BCUT2D eigenvalue weighted by Crippen LogP contribution is -1.99. The Bertz CT molecular complexity index is 4050. The molecule has 11 aromatic rings. The molecule has 0 saturated heterocycles. The highest BCUT2D eigenvalue weighted by molar-refractivity contribution is 6.30. The maximum atomic E-state index is 10.2. The summed E-state index contributed by atoms with van der Waals surface area (Å²) < 4.78 is 0. The third-order valence-electron chi connectivity index (χ3n) is 14.3. The second-order valence-corrected chi connectivity index (χ2v) is 17.1. The van der Waals surface area contributed by atoms with Gasteiger partial charge in [-0.1, -0.05) is 146 Å². The Morgan fingerprint density at radius 2 is 0.871 bits per heavy atom. The van der Waals surface area contributed by atoms with Crippen LogP contribution in [-0.2, 0) is 6.42 Å². The van der Waals surface area contributed by atoms with Gasteiger partial charge in [0.05, 0.1) is 23.3 Å². The van der Waals surface area contributed by atoms with Gasteiger partial charge >= 0.3 is 0 Å². The second-order valence-electron chi connectivity index (χ2n) is 17.1. The number of allylic oxidation sites excluding steroid dienone is 1. The van der Waals surface area contributed by atoms with Crippen molar-refractivity contribution in [1.82, 2.24) is 0 Å². The predicted molar refractivity (Wildman–Crippen MR) is 257 cm³/mol. The lowest BCUT2D eigenvalue weighted by molar-refractivity contribution is 0.982. The number of aryl methyl sites for hydroxylation is 1. The molecule has 14 rings (SSSR count).